The Morgan fingerprint density at radius 2 is 2.04 bits per heavy atom. The van der Waals surface area contributed by atoms with Gasteiger partial charge in [0.05, 0.1) is 12.7 Å². The fourth-order valence-corrected chi connectivity index (χ4v) is 2.96. The Morgan fingerprint density at radius 1 is 1.35 bits per heavy atom. The number of nitrogens with two attached hydrogens (primary N) is 1. The van der Waals surface area contributed by atoms with Gasteiger partial charge in [0, 0.05) is 13.1 Å². The van der Waals surface area contributed by atoms with Gasteiger partial charge in [-0.05, 0) is 70.2 Å². The predicted octanol–water partition coefficient (Wildman–Crippen LogP) is 3.09. The van der Waals surface area contributed by atoms with Crippen LogP contribution in [0.1, 0.15) is 51.7 Å². The lowest BCUT2D eigenvalue weighted by molar-refractivity contribution is 0.0165. The average molecular weight is 364 g/mol. The number of piperidine rings is 1. The van der Waals surface area contributed by atoms with Crippen molar-refractivity contribution in [3.63, 3.8) is 0 Å². The van der Waals surface area contributed by atoms with Gasteiger partial charge in [0.2, 0.25) is 0 Å². The van der Waals surface area contributed by atoms with Crippen molar-refractivity contribution < 1.29 is 19.4 Å². The minimum atomic E-state index is -0.555. The Balaban J connectivity index is 1.78. The summed E-state index contributed by atoms with van der Waals surface area (Å²) in [4.78, 5) is 13.9. The zero-order valence-corrected chi connectivity index (χ0v) is 16.1. The lowest BCUT2D eigenvalue weighted by atomic mass is 9.98. The van der Waals surface area contributed by atoms with Crippen LogP contribution in [0.25, 0.3) is 0 Å². The highest BCUT2D eigenvalue weighted by atomic mass is 16.6. The summed E-state index contributed by atoms with van der Waals surface area (Å²) in [7, 11) is 0. The molecule has 2 rings (SSSR count). The second kappa shape index (κ2) is 9.24. The number of amides is 1. The summed E-state index contributed by atoms with van der Waals surface area (Å²) >= 11 is 0. The highest BCUT2D eigenvalue weighted by molar-refractivity contribution is 5.68. The molecule has 6 heteroatoms. The number of nitrogens with zero attached hydrogens (tertiary/aromatic N) is 1. The molecule has 1 heterocycles. The summed E-state index contributed by atoms with van der Waals surface area (Å²) in [5, 5.41) is 10.0. The van der Waals surface area contributed by atoms with E-state index in [-0.39, 0.29) is 6.09 Å². The standard InChI is InChI=1S/C20H32N2O4/c1-20(2,3)26-19(24)22-11-8-15(9-12-22)14-25-17-6-4-5-16(13-17)18(23)7-10-21/h4-6,13,15,18,23H,7-12,14,21H2,1-3H3. The minimum absolute atomic E-state index is 0.238. The van der Waals surface area contributed by atoms with Gasteiger partial charge in [0.15, 0.2) is 0 Å². The van der Waals surface area contributed by atoms with Crippen molar-refractivity contribution in [2.45, 2.75) is 51.7 Å². The number of aliphatic hydroxyl groups excluding tert-OH is 1. The van der Waals surface area contributed by atoms with Crippen molar-refractivity contribution in [1.29, 1.82) is 0 Å². The lowest BCUT2D eigenvalue weighted by Crippen LogP contribution is -2.42. The van der Waals surface area contributed by atoms with Crippen molar-refractivity contribution in [3.05, 3.63) is 29.8 Å². The Kier molecular flexibility index (Phi) is 7.29. The number of ether oxygens (including phenoxy) is 2. The van der Waals surface area contributed by atoms with Gasteiger partial charge in [-0.15, -0.1) is 0 Å². The summed E-state index contributed by atoms with van der Waals surface area (Å²) in [5.41, 5.74) is 5.86. The second-order valence-corrected chi connectivity index (χ2v) is 7.89. The first-order valence-corrected chi connectivity index (χ1v) is 9.37. The Bertz CT molecular complexity index is 577. The zero-order valence-electron chi connectivity index (χ0n) is 16.1. The molecule has 0 saturated carbocycles. The van der Waals surface area contributed by atoms with Crippen LogP contribution in [0.3, 0.4) is 0 Å². The van der Waals surface area contributed by atoms with Gasteiger partial charge in [0.1, 0.15) is 11.4 Å². The summed E-state index contributed by atoms with van der Waals surface area (Å²) < 4.78 is 11.3. The van der Waals surface area contributed by atoms with E-state index in [1.807, 2.05) is 45.0 Å². The molecular formula is C20H32N2O4. The molecule has 0 aromatic heterocycles. The maximum absolute atomic E-state index is 12.1. The van der Waals surface area contributed by atoms with Crippen LogP contribution in [0.4, 0.5) is 4.79 Å². The van der Waals surface area contributed by atoms with Crippen LogP contribution in [0.5, 0.6) is 5.75 Å². The maximum Gasteiger partial charge on any atom is 0.410 e. The zero-order chi connectivity index (χ0) is 19.2. The monoisotopic (exact) mass is 364 g/mol. The van der Waals surface area contributed by atoms with Crippen molar-refractivity contribution in [2.24, 2.45) is 11.7 Å². The molecule has 1 atom stereocenters. The van der Waals surface area contributed by atoms with E-state index in [1.54, 1.807) is 4.90 Å². The third-order valence-electron chi connectivity index (χ3n) is 4.43. The first-order chi connectivity index (χ1) is 12.3. The van der Waals surface area contributed by atoms with E-state index in [4.69, 9.17) is 15.2 Å². The predicted molar refractivity (Wildman–Crippen MR) is 101 cm³/mol. The molecule has 1 aliphatic heterocycles. The molecule has 0 bridgehead atoms. The third-order valence-corrected chi connectivity index (χ3v) is 4.43. The number of carbonyl (C=O) groups excluding carboxylic acids is 1. The quantitative estimate of drug-likeness (QED) is 0.810. The number of benzene rings is 1. The summed E-state index contributed by atoms with van der Waals surface area (Å²) in [6.45, 7) is 8.08. The topological polar surface area (TPSA) is 85.0 Å². The Hall–Kier alpha value is -1.79. The molecule has 1 fully saturated rings. The van der Waals surface area contributed by atoms with E-state index >= 15 is 0 Å². The second-order valence-electron chi connectivity index (χ2n) is 7.89. The Labute approximate surface area is 156 Å². The van der Waals surface area contributed by atoms with E-state index in [0.717, 1.165) is 24.2 Å². The van der Waals surface area contributed by atoms with Gasteiger partial charge in [-0.3, -0.25) is 0 Å². The first kappa shape index (κ1) is 20.5. The number of aliphatic hydroxyl groups is 1. The molecule has 1 unspecified atom stereocenters. The number of carbonyl (C=O) groups is 1. The van der Waals surface area contributed by atoms with Crippen LogP contribution in [-0.4, -0.2) is 47.9 Å². The van der Waals surface area contributed by atoms with Crippen molar-refractivity contribution in [3.8, 4) is 5.75 Å². The number of hydrogen-bond acceptors (Lipinski definition) is 5. The normalized spacial score (nSPS) is 17.0. The number of rotatable bonds is 6. The van der Waals surface area contributed by atoms with Crippen LogP contribution in [0.2, 0.25) is 0 Å². The summed E-state index contributed by atoms with van der Waals surface area (Å²) in [6.07, 6.45) is 1.54. The molecule has 0 radical (unpaired) electrons. The molecule has 1 aromatic rings. The van der Waals surface area contributed by atoms with Gasteiger partial charge in [-0.2, -0.15) is 0 Å². The van der Waals surface area contributed by atoms with E-state index in [9.17, 15) is 9.90 Å². The summed E-state index contributed by atoms with van der Waals surface area (Å²) in [5.74, 6) is 1.17. The third kappa shape index (κ3) is 6.50. The molecule has 3 N–H and O–H groups in total. The molecule has 26 heavy (non-hydrogen) atoms. The van der Waals surface area contributed by atoms with Crippen LogP contribution in [-0.2, 0) is 4.74 Å². The van der Waals surface area contributed by atoms with E-state index in [0.29, 0.717) is 38.6 Å². The van der Waals surface area contributed by atoms with Crippen molar-refractivity contribution in [2.75, 3.05) is 26.2 Å². The van der Waals surface area contributed by atoms with E-state index < -0.39 is 11.7 Å². The van der Waals surface area contributed by atoms with Gasteiger partial charge in [-0.25, -0.2) is 4.79 Å². The fourth-order valence-electron chi connectivity index (χ4n) is 2.96. The molecule has 1 aliphatic rings. The molecular weight excluding hydrogens is 332 g/mol. The molecule has 1 aromatic carbocycles. The van der Waals surface area contributed by atoms with Crippen LogP contribution in [0, 0.1) is 5.92 Å². The average Bonchev–Trinajstić information content (AvgIpc) is 2.59. The van der Waals surface area contributed by atoms with Gasteiger partial charge in [-0.1, -0.05) is 12.1 Å². The molecule has 1 amide bonds. The molecule has 0 spiro atoms. The Morgan fingerprint density at radius 3 is 2.65 bits per heavy atom. The van der Waals surface area contributed by atoms with Crippen LogP contribution in [0.15, 0.2) is 24.3 Å². The highest BCUT2D eigenvalue weighted by Crippen LogP contribution is 2.24. The highest BCUT2D eigenvalue weighted by Gasteiger charge is 2.27. The fraction of sp³-hybridized carbons (Fsp3) is 0.650. The molecule has 146 valence electrons. The van der Waals surface area contributed by atoms with Crippen molar-refractivity contribution in [1.82, 2.24) is 4.90 Å². The number of hydrogen-bond donors (Lipinski definition) is 2. The van der Waals surface area contributed by atoms with E-state index in [1.165, 1.54) is 0 Å². The SMILES string of the molecule is CC(C)(C)OC(=O)N1CCC(COc2cccc(C(O)CCN)c2)CC1. The van der Waals surface area contributed by atoms with Crippen LogP contribution < -0.4 is 10.5 Å². The molecule has 6 nitrogen and oxygen atoms in total. The molecule has 0 aliphatic carbocycles. The van der Waals surface area contributed by atoms with Gasteiger partial charge >= 0.3 is 6.09 Å². The van der Waals surface area contributed by atoms with Gasteiger partial charge in [0.25, 0.3) is 0 Å². The lowest BCUT2D eigenvalue weighted by Gasteiger charge is -2.33. The first-order valence-electron chi connectivity index (χ1n) is 9.37. The maximum atomic E-state index is 12.1. The number of likely N-dealkylation sites (tertiary alicyclic amines) is 1. The smallest absolute Gasteiger partial charge is 0.410 e. The summed E-state index contributed by atoms with van der Waals surface area (Å²) in [6, 6.07) is 7.53. The largest absolute Gasteiger partial charge is 0.493 e. The molecule has 1 saturated heterocycles. The van der Waals surface area contributed by atoms with Crippen LogP contribution >= 0.6 is 0 Å². The van der Waals surface area contributed by atoms with E-state index in [2.05, 4.69) is 0 Å². The van der Waals surface area contributed by atoms with Crippen molar-refractivity contribution >= 4 is 6.09 Å². The minimum Gasteiger partial charge on any atom is -0.493 e. The van der Waals surface area contributed by atoms with Gasteiger partial charge < -0.3 is 25.2 Å².